The lowest BCUT2D eigenvalue weighted by atomic mass is 9.78. The molecule has 4 aromatic rings. The van der Waals surface area contributed by atoms with E-state index in [0.29, 0.717) is 24.2 Å². The molecule has 4 aromatic carbocycles. The molecule has 1 aliphatic rings. The zero-order valence-corrected chi connectivity index (χ0v) is 23.9. The lowest BCUT2D eigenvalue weighted by molar-refractivity contribution is 0.0973. The summed E-state index contributed by atoms with van der Waals surface area (Å²) < 4.78 is 6.18. The number of carbonyl (C=O) groups excluding carboxylic acids is 2. The number of ether oxygens (including phenoxy) is 1. The third-order valence-corrected chi connectivity index (χ3v) is 7.69. The molecule has 43 heavy (non-hydrogen) atoms. The van der Waals surface area contributed by atoms with Crippen LogP contribution in [0.1, 0.15) is 92.6 Å². The van der Waals surface area contributed by atoms with Crippen molar-refractivity contribution in [3.8, 4) is 46.0 Å². The fourth-order valence-electron chi connectivity index (χ4n) is 5.85. The maximum absolute atomic E-state index is 13.6. The quantitative estimate of drug-likeness (QED) is 0.107. The fraction of sp³-hybridized carbons (Fsp3) is 0.235. The molecule has 9 heteroatoms. The average molecular weight is 585 g/mol. The number of aryl methyl sites for hydroxylation is 2. The van der Waals surface area contributed by atoms with Gasteiger partial charge in [-0.2, -0.15) is 0 Å². The zero-order valence-electron chi connectivity index (χ0n) is 23.9. The van der Waals surface area contributed by atoms with Crippen LogP contribution in [0.25, 0.3) is 0 Å². The largest absolute Gasteiger partial charge is 0.508 e. The van der Waals surface area contributed by atoms with Crippen LogP contribution in [0.4, 0.5) is 0 Å². The highest BCUT2D eigenvalue weighted by atomic mass is 16.5. The van der Waals surface area contributed by atoms with Crippen molar-refractivity contribution in [1.82, 2.24) is 0 Å². The predicted octanol–water partition coefficient (Wildman–Crippen LogP) is 6.82. The Morgan fingerprint density at radius 3 is 2.00 bits per heavy atom. The smallest absolute Gasteiger partial charge is 0.201 e. The first-order valence-corrected chi connectivity index (χ1v) is 14.0. The van der Waals surface area contributed by atoms with Crippen molar-refractivity contribution in [1.29, 1.82) is 0 Å². The summed E-state index contributed by atoms with van der Waals surface area (Å²) in [5.74, 6) is -4.39. The van der Waals surface area contributed by atoms with Gasteiger partial charge in [0.1, 0.15) is 46.0 Å². The molecule has 0 radical (unpaired) electrons. The molecule has 6 N–H and O–H groups in total. The summed E-state index contributed by atoms with van der Waals surface area (Å²) in [5.41, 5.74) is 0.233. The van der Waals surface area contributed by atoms with E-state index in [0.717, 1.165) is 36.6 Å². The number of hydrogen-bond donors (Lipinski definition) is 6. The normalized spacial score (nSPS) is 13.0. The minimum absolute atomic E-state index is 0.0158. The molecule has 1 aliphatic carbocycles. The van der Waals surface area contributed by atoms with Crippen molar-refractivity contribution < 1.29 is 45.0 Å². The van der Waals surface area contributed by atoms with E-state index in [1.165, 1.54) is 12.1 Å². The lowest BCUT2D eigenvalue weighted by Gasteiger charge is -2.27. The number of carbonyl (C=O) groups is 2. The molecule has 0 aliphatic heterocycles. The first kappa shape index (κ1) is 29.3. The number of hydrogen-bond acceptors (Lipinski definition) is 9. The molecule has 5 rings (SSSR count). The van der Waals surface area contributed by atoms with Crippen molar-refractivity contribution in [2.75, 3.05) is 0 Å². The van der Waals surface area contributed by atoms with Crippen molar-refractivity contribution in [3.05, 3.63) is 93.0 Å². The van der Waals surface area contributed by atoms with Gasteiger partial charge < -0.3 is 35.4 Å². The standard InChI is InChI=1S/C34H32O9/c1-4-5-6-7-21(28-24(37)10-17(3)11-27(28)43-20-9-16(2)8-18(35)12-20)29-26(39)15-23-31(33(29)41)34(42)30-22(32(23)40)13-19(36)14-25(30)38/h8-15,21,35-39,41H,4-7H2,1-3H3. The van der Waals surface area contributed by atoms with Crippen LogP contribution in [-0.2, 0) is 0 Å². The summed E-state index contributed by atoms with van der Waals surface area (Å²) in [6.45, 7) is 5.56. The number of phenolic OH excluding ortho intramolecular Hbond substituents is 6. The van der Waals surface area contributed by atoms with Crippen LogP contribution >= 0.6 is 0 Å². The van der Waals surface area contributed by atoms with E-state index in [-0.39, 0.29) is 45.1 Å². The van der Waals surface area contributed by atoms with Crippen LogP contribution < -0.4 is 4.74 Å². The molecule has 222 valence electrons. The van der Waals surface area contributed by atoms with E-state index < -0.39 is 46.0 Å². The molecule has 0 saturated heterocycles. The molecule has 0 fully saturated rings. The second kappa shape index (κ2) is 11.2. The second-order valence-electron chi connectivity index (χ2n) is 11.0. The van der Waals surface area contributed by atoms with E-state index >= 15 is 0 Å². The third kappa shape index (κ3) is 5.30. The number of unbranched alkanes of at least 4 members (excludes halogenated alkanes) is 2. The van der Waals surface area contributed by atoms with Crippen molar-refractivity contribution in [2.24, 2.45) is 0 Å². The maximum atomic E-state index is 13.6. The van der Waals surface area contributed by atoms with Crippen LogP contribution in [0.3, 0.4) is 0 Å². The third-order valence-electron chi connectivity index (χ3n) is 7.69. The van der Waals surface area contributed by atoms with Gasteiger partial charge in [0.25, 0.3) is 0 Å². The molecule has 0 heterocycles. The number of phenols is 6. The molecule has 9 nitrogen and oxygen atoms in total. The maximum Gasteiger partial charge on any atom is 0.201 e. The summed E-state index contributed by atoms with van der Waals surface area (Å²) in [7, 11) is 0. The Morgan fingerprint density at radius 1 is 0.651 bits per heavy atom. The summed E-state index contributed by atoms with van der Waals surface area (Å²) in [4.78, 5) is 27.0. The average Bonchev–Trinajstić information content (AvgIpc) is 2.89. The topological polar surface area (TPSA) is 165 Å². The van der Waals surface area contributed by atoms with Gasteiger partial charge in [-0.15, -0.1) is 0 Å². The van der Waals surface area contributed by atoms with Crippen LogP contribution in [0.2, 0.25) is 0 Å². The second-order valence-corrected chi connectivity index (χ2v) is 11.0. The Hall–Kier alpha value is -5.18. The summed E-state index contributed by atoms with van der Waals surface area (Å²) >= 11 is 0. The predicted molar refractivity (Wildman–Crippen MR) is 158 cm³/mol. The minimum Gasteiger partial charge on any atom is -0.508 e. The Morgan fingerprint density at radius 2 is 1.30 bits per heavy atom. The van der Waals surface area contributed by atoms with E-state index in [2.05, 4.69) is 0 Å². The number of fused-ring (bicyclic) bond motifs is 2. The van der Waals surface area contributed by atoms with Gasteiger partial charge in [-0.25, -0.2) is 0 Å². The first-order chi connectivity index (χ1) is 20.4. The van der Waals surface area contributed by atoms with Crippen molar-refractivity contribution >= 4 is 11.6 Å². The number of benzene rings is 4. The van der Waals surface area contributed by atoms with E-state index in [1.807, 2.05) is 6.92 Å². The molecule has 0 bridgehead atoms. The van der Waals surface area contributed by atoms with Gasteiger partial charge >= 0.3 is 0 Å². The summed E-state index contributed by atoms with van der Waals surface area (Å²) in [6, 6.07) is 11.0. The van der Waals surface area contributed by atoms with Gasteiger partial charge in [0.2, 0.25) is 5.78 Å². The number of rotatable bonds is 8. The Kier molecular flexibility index (Phi) is 7.67. The monoisotopic (exact) mass is 584 g/mol. The summed E-state index contributed by atoms with van der Waals surface area (Å²) in [6.07, 6.45) is 2.58. The molecule has 0 aromatic heterocycles. The SMILES string of the molecule is CCCCCC(c1c(O)cc(C)cc1Oc1cc(C)cc(O)c1)c1c(O)cc2c(c1O)C(=O)c1c(O)cc(O)cc1C2=O. The highest BCUT2D eigenvalue weighted by Crippen LogP contribution is 2.51. The van der Waals surface area contributed by atoms with Gasteiger partial charge in [-0.3, -0.25) is 9.59 Å². The van der Waals surface area contributed by atoms with Crippen molar-refractivity contribution in [3.63, 3.8) is 0 Å². The highest BCUT2D eigenvalue weighted by Gasteiger charge is 2.39. The molecule has 0 amide bonds. The number of aromatic hydroxyl groups is 6. The molecular weight excluding hydrogens is 552 g/mol. The lowest BCUT2D eigenvalue weighted by Crippen LogP contribution is -2.22. The molecule has 1 unspecified atom stereocenters. The first-order valence-electron chi connectivity index (χ1n) is 14.0. The fourth-order valence-corrected chi connectivity index (χ4v) is 5.85. The van der Waals surface area contributed by atoms with E-state index in [4.69, 9.17) is 4.74 Å². The minimum atomic E-state index is -0.899. The molecule has 0 saturated carbocycles. The Bertz CT molecular complexity index is 1770. The van der Waals surface area contributed by atoms with Crippen LogP contribution in [-0.4, -0.2) is 42.2 Å². The van der Waals surface area contributed by atoms with Gasteiger partial charge in [-0.05, 0) is 67.8 Å². The van der Waals surface area contributed by atoms with Gasteiger partial charge in [0, 0.05) is 40.3 Å². The van der Waals surface area contributed by atoms with Crippen LogP contribution in [0.5, 0.6) is 46.0 Å². The van der Waals surface area contributed by atoms with Crippen LogP contribution in [0, 0.1) is 13.8 Å². The Balaban J connectivity index is 1.73. The van der Waals surface area contributed by atoms with Gasteiger partial charge in [-0.1, -0.05) is 26.2 Å². The van der Waals surface area contributed by atoms with E-state index in [1.54, 1.807) is 32.0 Å². The highest BCUT2D eigenvalue weighted by molar-refractivity contribution is 6.30. The van der Waals surface area contributed by atoms with Gasteiger partial charge in [0.15, 0.2) is 5.78 Å². The Labute approximate surface area is 247 Å². The number of ketones is 2. The van der Waals surface area contributed by atoms with E-state index in [9.17, 15) is 40.2 Å². The van der Waals surface area contributed by atoms with Gasteiger partial charge in [0.05, 0.1) is 11.1 Å². The zero-order chi connectivity index (χ0) is 31.2. The molecular formula is C34H32O9. The van der Waals surface area contributed by atoms with Crippen molar-refractivity contribution in [2.45, 2.75) is 52.4 Å². The molecule has 1 atom stereocenters. The molecule has 0 spiro atoms. The van der Waals surface area contributed by atoms with Crippen LogP contribution in [0.15, 0.2) is 48.5 Å². The summed E-state index contributed by atoms with van der Waals surface area (Å²) in [5, 5.41) is 64.7.